The molecule has 0 spiro atoms. The first-order chi connectivity index (χ1) is 19.2. The first-order valence-electron chi connectivity index (χ1n) is 11.6. The third-order valence-corrected chi connectivity index (χ3v) is 7.90. The van der Waals surface area contributed by atoms with Crippen LogP contribution in [0.4, 0.5) is 15.7 Å². The van der Waals surface area contributed by atoms with Crippen molar-refractivity contribution < 1.29 is 43.7 Å². The molecule has 218 valence electrons. The van der Waals surface area contributed by atoms with Crippen LogP contribution in [0.5, 0.6) is 0 Å². The molecule has 4 rings (SSSR count). The molecule has 4 amide bonds. The van der Waals surface area contributed by atoms with E-state index in [-0.39, 0.29) is 29.0 Å². The summed E-state index contributed by atoms with van der Waals surface area (Å²) in [7, 11) is 1.62. The number of anilines is 2. The van der Waals surface area contributed by atoms with Crippen LogP contribution in [0.1, 0.15) is 19.7 Å². The van der Waals surface area contributed by atoms with Gasteiger partial charge in [-0.3, -0.25) is 19.8 Å². The number of carbonyl (C=O) groups is 5. The fraction of sp³-hybridized carbons (Fsp3) is 0.381. The van der Waals surface area contributed by atoms with Crippen LogP contribution in [-0.4, -0.2) is 82.3 Å². The van der Waals surface area contributed by atoms with Crippen LogP contribution in [0.2, 0.25) is 0 Å². The number of hydrogen-bond acceptors (Lipinski definition) is 13. The van der Waals surface area contributed by atoms with Gasteiger partial charge in [-0.15, -0.1) is 21.1 Å². The zero-order valence-electron chi connectivity index (χ0n) is 21.7. The van der Waals surface area contributed by atoms with Gasteiger partial charge in [-0.05, 0) is 13.8 Å². The van der Waals surface area contributed by atoms with Gasteiger partial charge in [0.1, 0.15) is 11.4 Å². The minimum absolute atomic E-state index is 0.00314. The highest BCUT2D eigenvalue weighted by molar-refractivity contribution is 8.00. The molecule has 2 aliphatic rings. The van der Waals surface area contributed by atoms with E-state index in [1.165, 1.54) is 30.3 Å². The van der Waals surface area contributed by atoms with Crippen molar-refractivity contribution in [2.24, 2.45) is 17.9 Å². The first kappa shape index (κ1) is 29.3. The number of primary amides is 1. The summed E-state index contributed by atoms with van der Waals surface area (Å²) >= 11 is 1.96. The largest absolute Gasteiger partial charge is 0.543 e. The Labute approximate surface area is 239 Å². The number of carboxylic acids is 2. The van der Waals surface area contributed by atoms with Crippen molar-refractivity contribution in [2.45, 2.75) is 37.4 Å². The lowest BCUT2D eigenvalue weighted by Gasteiger charge is -2.50. The smallest absolute Gasteiger partial charge is 0.350 e. The van der Waals surface area contributed by atoms with Gasteiger partial charge in [0.15, 0.2) is 23.7 Å². The minimum atomic E-state index is -1.81. The molecule has 0 radical (unpaired) electrons. The molecular formula is C21H24N10O8S2. The van der Waals surface area contributed by atoms with Crippen LogP contribution in [0.25, 0.3) is 0 Å². The fourth-order valence-corrected chi connectivity index (χ4v) is 5.59. The van der Waals surface area contributed by atoms with E-state index in [1.54, 1.807) is 24.0 Å². The second-order valence-corrected chi connectivity index (χ2v) is 11.1. The number of urea groups is 1. The average Bonchev–Trinajstić information content (AvgIpc) is 3.47. The molecule has 1 saturated heterocycles. The summed E-state index contributed by atoms with van der Waals surface area (Å²) in [4.78, 5) is 70.9. The molecule has 1 fully saturated rings. The molecule has 2 atom stereocenters. The van der Waals surface area contributed by atoms with Gasteiger partial charge in [0.25, 0.3) is 11.8 Å². The maximum atomic E-state index is 13.1. The number of aromatic nitrogens is 4. The quantitative estimate of drug-likeness (QED) is 0.0778. The maximum absolute atomic E-state index is 13.1. The fourth-order valence-electron chi connectivity index (χ4n) is 3.82. The van der Waals surface area contributed by atoms with Crippen molar-refractivity contribution in [2.75, 3.05) is 16.8 Å². The number of β-lactam (4-membered cyclic amide) rings is 1. The Balaban J connectivity index is 1.55. The van der Waals surface area contributed by atoms with E-state index < -0.39 is 52.5 Å². The second-order valence-electron chi connectivity index (χ2n) is 9.21. The predicted octanol–water partition coefficient (Wildman–Crippen LogP) is -3.08. The summed E-state index contributed by atoms with van der Waals surface area (Å²) in [5.41, 5.74) is 8.44. The zero-order chi connectivity index (χ0) is 30.2. The second kappa shape index (κ2) is 11.0. The molecule has 4 heterocycles. The molecule has 2 aromatic rings. The van der Waals surface area contributed by atoms with Crippen molar-refractivity contribution in [1.82, 2.24) is 24.3 Å². The lowest BCUT2D eigenvalue weighted by molar-refractivity contribution is -0.765. The molecule has 0 bridgehead atoms. The summed E-state index contributed by atoms with van der Waals surface area (Å²) < 4.78 is 7.04. The topological polar surface area (TPSA) is 264 Å². The van der Waals surface area contributed by atoms with E-state index >= 15 is 0 Å². The van der Waals surface area contributed by atoms with Crippen LogP contribution >= 0.6 is 23.3 Å². The number of nitrogens with one attached hydrogen (secondary N) is 2. The Bertz CT molecular complexity index is 1510. The number of aliphatic carboxylic acids is 2. The SMILES string of the molecule is Cn1c(NC(N)=O)cc[n+]1CC1=C(C(=O)[O-])N2C(=O)[C@@H](NC(=O)C(=NOC(C)(C)C(=O)O)c3nsc(N)n3)[C@H]2SC1. The number of rotatable bonds is 10. The molecule has 18 nitrogen and oxygen atoms in total. The predicted molar refractivity (Wildman–Crippen MR) is 140 cm³/mol. The summed E-state index contributed by atoms with van der Waals surface area (Å²) in [5.74, 6) is -4.36. The summed E-state index contributed by atoms with van der Waals surface area (Å²) in [6, 6.07) is -0.372. The zero-order valence-corrected chi connectivity index (χ0v) is 23.3. The van der Waals surface area contributed by atoms with E-state index in [0.29, 0.717) is 11.4 Å². The number of nitrogen functional groups attached to an aromatic ring is 1. The lowest BCUT2D eigenvalue weighted by atomic mass is 10.0. The third kappa shape index (κ3) is 5.77. The Morgan fingerprint density at radius 1 is 1.37 bits per heavy atom. The van der Waals surface area contributed by atoms with E-state index in [0.717, 1.165) is 16.4 Å². The van der Waals surface area contributed by atoms with Gasteiger partial charge in [0.05, 0.1) is 24.8 Å². The maximum Gasteiger partial charge on any atom is 0.350 e. The van der Waals surface area contributed by atoms with Gasteiger partial charge in [-0.1, -0.05) is 5.16 Å². The standard InChI is InChI=1S/C21H24N10O8S2/c1-21(2,18(36)37)39-27-10(13-26-20(23)41-28-13)14(32)25-11-15(33)31-12(17(34)35)8(7-40-16(11)31)6-30-5-4-9(29(30)3)24-19(22)38/h4-5,11,16H,6-7H2,1-3H3,(H7,22,23,25,26,28,32,34,35,36,37,38)/t11-,16-/m1/s1. The van der Waals surface area contributed by atoms with Crippen molar-refractivity contribution in [1.29, 1.82) is 0 Å². The molecule has 0 aliphatic carbocycles. The van der Waals surface area contributed by atoms with Crippen LogP contribution in [-0.2, 0) is 37.6 Å². The van der Waals surface area contributed by atoms with Crippen molar-refractivity contribution in [3.63, 3.8) is 0 Å². The monoisotopic (exact) mass is 608 g/mol. The Morgan fingerprint density at radius 2 is 2.07 bits per heavy atom. The van der Waals surface area contributed by atoms with Gasteiger partial charge in [0.2, 0.25) is 17.1 Å². The van der Waals surface area contributed by atoms with Crippen LogP contribution in [0.3, 0.4) is 0 Å². The number of carbonyl (C=O) groups excluding carboxylic acids is 4. The molecule has 20 heteroatoms. The number of oxime groups is 1. The Hall–Kier alpha value is -4.72. The lowest BCUT2D eigenvalue weighted by Crippen LogP contribution is -2.71. The van der Waals surface area contributed by atoms with Gasteiger partial charge in [0, 0.05) is 22.9 Å². The highest BCUT2D eigenvalue weighted by Gasteiger charge is 2.53. The van der Waals surface area contributed by atoms with Crippen molar-refractivity contribution in [3.05, 3.63) is 29.4 Å². The average molecular weight is 609 g/mol. The molecule has 7 N–H and O–H groups in total. The van der Waals surface area contributed by atoms with Crippen molar-refractivity contribution >= 4 is 69.7 Å². The molecule has 0 unspecified atom stereocenters. The molecule has 2 aromatic heterocycles. The Kier molecular flexibility index (Phi) is 7.88. The van der Waals surface area contributed by atoms with Crippen molar-refractivity contribution in [3.8, 4) is 0 Å². The van der Waals surface area contributed by atoms with Gasteiger partial charge in [-0.25, -0.2) is 9.59 Å². The molecule has 0 saturated carbocycles. The first-order valence-corrected chi connectivity index (χ1v) is 13.4. The number of hydrogen-bond donors (Lipinski definition) is 5. The molecule has 2 aliphatic heterocycles. The highest BCUT2D eigenvalue weighted by atomic mass is 32.2. The highest BCUT2D eigenvalue weighted by Crippen LogP contribution is 2.40. The summed E-state index contributed by atoms with van der Waals surface area (Å²) in [6.45, 7) is 2.46. The molecule has 0 aromatic carbocycles. The van der Waals surface area contributed by atoms with Gasteiger partial charge < -0.3 is 36.6 Å². The van der Waals surface area contributed by atoms with Crippen LogP contribution in [0.15, 0.2) is 28.7 Å². The number of amides is 4. The number of nitrogens with zero attached hydrogens (tertiary/aromatic N) is 6. The van der Waals surface area contributed by atoms with E-state index in [1.807, 2.05) is 0 Å². The van der Waals surface area contributed by atoms with Gasteiger partial charge in [-0.2, -0.15) is 9.36 Å². The normalized spacial score (nSPS) is 18.9. The van der Waals surface area contributed by atoms with Gasteiger partial charge >= 0.3 is 12.0 Å². The Morgan fingerprint density at radius 3 is 2.66 bits per heavy atom. The number of fused-ring (bicyclic) bond motifs is 1. The summed E-state index contributed by atoms with van der Waals surface area (Å²) in [5, 5.41) is 29.1. The summed E-state index contributed by atoms with van der Waals surface area (Å²) in [6.07, 6.45) is 1.59. The third-order valence-electron chi connectivity index (χ3n) is 6.02. The number of nitrogens with two attached hydrogens (primary N) is 2. The number of carboxylic acid groups (broad SMARTS) is 2. The molecular weight excluding hydrogens is 584 g/mol. The van der Waals surface area contributed by atoms with E-state index in [9.17, 15) is 34.2 Å². The van der Waals surface area contributed by atoms with E-state index in [2.05, 4.69) is 25.1 Å². The molecule has 41 heavy (non-hydrogen) atoms. The number of thioether (sulfide) groups is 1. The van der Waals surface area contributed by atoms with Crippen LogP contribution in [0, 0.1) is 0 Å². The van der Waals surface area contributed by atoms with E-state index in [4.69, 9.17) is 16.3 Å². The minimum Gasteiger partial charge on any atom is -0.543 e. The van der Waals surface area contributed by atoms with Crippen LogP contribution < -0.4 is 31.9 Å².